The maximum Gasteiger partial charge on any atom is 0.0932 e. The van der Waals surface area contributed by atoms with Crippen LogP contribution in [0.25, 0.3) is 5.57 Å². The number of hydrogen-bond donors (Lipinski definition) is 0. The highest BCUT2D eigenvalue weighted by atomic mass is 35.5. The zero-order valence-electron chi connectivity index (χ0n) is 14.4. The summed E-state index contributed by atoms with van der Waals surface area (Å²) in [6.07, 6.45) is 2.79. The van der Waals surface area contributed by atoms with Crippen molar-refractivity contribution in [3.8, 4) is 0 Å². The first-order chi connectivity index (χ1) is 13.2. The van der Waals surface area contributed by atoms with E-state index in [0.717, 1.165) is 33.7 Å². The van der Waals surface area contributed by atoms with Crippen LogP contribution in [0.2, 0.25) is 10.0 Å². The molecular weight excluding hydrogens is 375 g/mol. The van der Waals surface area contributed by atoms with Gasteiger partial charge < -0.3 is 0 Å². The Morgan fingerprint density at radius 1 is 0.593 bits per heavy atom. The van der Waals surface area contributed by atoms with E-state index in [0.29, 0.717) is 16.5 Å². The molecule has 4 heteroatoms. The molecule has 0 fully saturated rings. The van der Waals surface area contributed by atoms with E-state index in [4.69, 9.17) is 23.2 Å². The van der Waals surface area contributed by atoms with Crippen LogP contribution in [0.5, 0.6) is 0 Å². The summed E-state index contributed by atoms with van der Waals surface area (Å²) < 4.78 is 0. The number of nitrogens with zero attached hydrogens (tertiary/aromatic N) is 2. The lowest BCUT2D eigenvalue weighted by atomic mass is 9.95. The van der Waals surface area contributed by atoms with Crippen LogP contribution in [0.15, 0.2) is 95.1 Å². The van der Waals surface area contributed by atoms with E-state index in [1.54, 1.807) is 0 Å². The molecule has 0 saturated carbocycles. The lowest BCUT2D eigenvalue weighted by Gasteiger charge is -2.09. The molecule has 0 radical (unpaired) electrons. The molecule has 2 nitrogen and oxygen atoms in total. The summed E-state index contributed by atoms with van der Waals surface area (Å²) in [7, 11) is 0. The summed E-state index contributed by atoms with van der Waals surface area (Å²) in [5.74, 6) is 0. The van der Waals surface area contributed by atoms with Gasteiger partial charge in [-0.1, -0.05) is 77.8 Å². The van der Waals surface area contributed by atoms with Gasteiger partial charge in [-0.25, -0.2) is 0 Å². The fourth-order valence-electron chi connectivity index (χ4n) is 2.98. The third-order valence-electron chi connectivity index (χ3n) is 4.41. The quantitative estimate of drug-likeness (QED) is 0.476. The highest BCUT2D eigenvalue weighted by Gasteiger charge is 2.14. The Bertz CT molecular complexity index is 1030. The van der Waals surface area contributed by atoms with Gasteiger partial charge >= 0.3 is 0 Å². The maximum absolute atomic E-state index is 6.03. The lowest BCUT2D eigenvalue weighted by Crippen LogP contribution is -2.01. The van der Waals surface area contributed by atoms with Gasteiger partial charge in [0.2, 0.25) is 0 Å². The normalized spacial score (nSPS) is 14.1. The van der Waals surface area contributed by atoms with Crippen molar-refractivity contribution in [2.24, 2.45) is 10.2 Å². The SMILES string of the molecule is Clc1ccc(C2=NN=C(c3ccc(Cl)cc3)CC(c3ccccc3)=C2)cc1. The van der Waals surface area contributed by atoms with E-state index >= 15 is 0 Å². The molecule has 1 aliphatic heterocycles. The monoisotopic (exact) mass is 390 g/mol. The Labute approximate surface area is 168 Å². The van der Waals surface area contributed by atoms with Crippen molar-refractivity contribution in [1.29, 1.82) is 0 Å². The van der Waals surface area contributed by atoms with Crippen LogP contribution >= 0.6 is 23.2 Å². The van der Waals surface area contributed by atoms with E-state index in [1.165, 1.54) is 0 Å². The van der Waals surface area contributed by atoms with Crippen LogP contribution < -0.4 is 0 Å². The third-order valence-corrected chi connectivity index (χ3v) is 4.91. The average molecular weight is 391 g/mol. The smallest absolute Gasteiger partial charge is 0.0932 e. The molecule has 0 spiro atoms. The van der Waals surface area contributed by atoms with Crippen molar-refractivity contribution in [2.75, 3.05) is 0 Å². The van der Waals surface area contributed by atoms with Crippen molar-refractivity contribution in [1.82, 2.24) is 0 Å². The van der Waals surface area contributed by atoms with Gasteiger partial charge in [0.15, 0.2) is 0 Å². The van der Waals surface area contributed by atoms with Crippen molar-refractivity contribution in [3.63, 3.8) is 0 Å². The molecular formula is C23H16Cl2N2. The molecule has 4 rings (SSSR count). The number of halogens is 2. The number of hydrogen-bond acceptors (Lipinski definition) is 2. The van der Waals surface area contributed by atoms with Gasteiger partial charge in [0.25, 0.3) is 0 Å². The van der Waals surface area contributed by atoms with E-state index in [1.807, 2.05) is 66.7 Å². The molecule has 3 aromatic rings. The average Bonchev–Trinajstić information content (AvgIpc) is 2.93. The molecule has 0 saturated heterocycles. The lowest BCUT2D eigenvalue weighted by molar-refractivity contribution is 1.22. The number of allylic oxidation sites excluding steroid dienone is 2. The second-order valence-corrected chi connectivity index (χ2v) is 7.13. The molecule has 0 aliphatic carbocycles. The van der Waals surface area contributed by atoms with Crippen molar-refractivity contribution in [2.45, 2.75) is 6.42 Å². The molecule has 27 heavy (non-hydrogen) atoms. The molecule has 1 aliphatic rings. The zero-order chi connectivity index (χ0) is 18.6. The Morgan fingerprint density at radius 3 is 1.81 bits per heavy atom. The van der Waals surface area contributed by atoms with Gasteiger partial charge in [-0.15, -0.1) is 0 Å². The molecule has 0 amide bonds. The Balaban J connectivity index is 1.81. The van der Waals surface area contributed by atoms with E-state index in [9.17, 15) is 0 Å². The molecule has 0 atom stereocenters. The summed E-state index contributed by atoms with van der Waals surface area (Å²) in [6, 6.07) is 25.7. The van der Waals surface area contributed by atoms with Crippen LogP contribution in [-0.4, -0.2) is 11.4 Å². The Morgan fingerprint density at radius 2 is 1.19 bits per heavy atom. The first kappa shape index (κ1) is 17.7. The van der Waals surface area contributed by atoms with Gasteiger partial charge in [0.05, 0.1) is 11.4 Å². The van der Waals surface area contributed by atoms with Gasteiger partial charge in [0, 0.05) is 22.0 Å². The molecule has 0 bridgehead atoms. The second kappa shape index (κ2) is 7.91. The van der Waals surface area contributed by atoms with Crippen LogP contribution in [0.1, 0.15) is 23.1 Å². The first-order valence-corrected chi connectivity index (χ1v) is 9.37. The summed E-state index contributed by atoms with van der Waals surface area (Å²) in [5, 5.41) is 10.5. The summed E-state index contributed by atoms with van der Waals surface area (Å²) >= 11 is 12.1. The van der Waals surface area contributed by atoms with Crippen LogP contribution in [0.3, 0.4) is 0 Å². The fraction of sp³-hybridized carbons (Fsp3) is 0.0435. The topological polar surface area (TPSA) is 24.7 Å². The van der Waals surface area contributed by atoms with E-state index < -0.39 is 0 Å². The molecule has 3 aromatic carbocycles. The standard InChI is InChI=1S/C23H16Cl2N2/c24-20-10-6-17(7-11-20)22-14-19(16-4-2-1-3-5-16)15-23(27-26-22)18-8-12-21(25)13-9-18/h1-14H,15H2. The predicted octanol–water partition coefficient (Wildman–Crippen LogP) is 6.67. The minimum atomic E-state index is 0.687. The highest BCUT2D eigenvalue weighted by Crippen LogP contribution is 2.25. The summed E-state index contributed by atoms with van der Waals surface area (Å²) in [6.45, 7) is 0. The van der Waals surface area contributed by atoms with Crippen LogP contribution in [0.4, 0.5) is 0 Å². The van der Waals surface area contributed by atoms with Crippen LogP contribution in [0, 0.1) is 0 Å². The largest absolute Gasteiger partial charge is 0.154 e. The van der Waals surface area contributed by atoms with Gasteiger partial charge in [-0.3, -0.25) is 0 Å². The second-order valence-electron chi connectivity index (χ2n) is 6.26. The molecule has 0 aromatic heterocycles. The number of rotatable bonds is 3. The van der Waals surface area contributed by atoms with Crippen molar-refractivity contribution >= 4 is 40.2 Å². The van der Waals surface area contributed by atoms with Crippen molar-refractivity contribution in [3.05, 3.63) is 112 Å². The Hall–Kier alpha value is -2.68. The van der Waals surface area contributed by atoms with Crippen molar-refractivity contribution < 1.29 is 0 Å². The molecule has 0 unspecified atom stereocenters. The minimum Gasteiger partial charge on any atom is -0.154 e. The number of benzene rings is 3. The first-order valence-electron chi connectivity index (χ1n) is 8.61. The highest BCUT2D eigenvalue weighted by molar-refractivity contribution is 6.31. The van der Waals surface area contributed by atoms with Crippen LogP contribution in [-0.2, 0) is 0 Å². The fourth-order valence-corrected chi connectivity index (χ4v) is 3.23. The molecule has 0 N–H and O–H groups in total. The van der Waals surface area contributed by atoms with Gasteiger partial charge in [0.1, 0.15) is 0 Å². The maximum atomic E-state index is 6.03. The van der Waals surface area contributed by atoms with Gasteiger partial charge in [-0.2, -0.15) is 10.2 Å². The summed E-state index contributed by atoms with van der Waals surface area (Å²) in [4.78, 5) is 0. The summed E-state index contributed by atoms with van der Waals surface area (Å²) in [5.41, 5.74) is 6.04. The zero-order valence-corrected chi connectivity index (χ0v) is 16.0. The van der Waals surface area contributed by atoms with E-state index in [2.05, 4.69) is 28.4 Å². The van der Waals surface area contributed by atoms with Gasteiger partial charge in [-0.05, 0) is 47.0 Å². The third kappa shape index (κ3) is 4.19. The molecule has 132 valence electrons. The molecule has 1 heterocycles. The minimum absolute atomic E-state index is 0.687. The predicted molar refractivity (Wildman–Crippen MR) is 115 cm³/mol. The Kier molecular flexibility index (Phi) is 5.19. The van der Waals surface area contributed by atoms with E-state index in [-0.39, 0.29) is 0 Å².